The second-order valence-corrected chi connectivity index (χ2v) is 10.9. The van der Waals surface area contributed by atoms with Gasteiger partial charge in [0.2, 0.25) is 11.1 Å². The summed E-state index contributed by atoms with van der Waals surface area (Å²) >= 11 is 0. The van der Waals surface area contributed by atoms with Gasteiger partial charge in [-0.2, -0.15) is 47.4 Å². The van der Waals surface area contributed by atoms with Crippen molar-refractivity contribution in [1.82, 2.24) is 9.97 Å². The lowest BCUT2D eigenvalue weighted by Crippen LogP contribution is -2.04. The quantitative estimate of drug-likeness (QED) is 0.132. The molecule has 0 aliphatic heterocycles. The van der Waals surface area contributed by atoms with Gasteiger partial charge in [0.05, 0.1) is 11.1 Å². The van der Waals surface area contributed by atoms with Gasteiger partial charge >= 0.3 is 12.4 Å². The van der Waals surface area contributed by atoms with Crippen LogP contribution in [0.15, 0.2) is 81.6 Å². The maximum absolute atomic E-state index is 13.3. The van der Waals surface area contributed by atoms with Crippen molar-refractivity contribution in [3.05, 3.63) is 95.0 Å². The molecule has 2 heterocycles. The van der Waals surface area contributed by atoms with Crippen LogP contribution in [0.4, 0.5) is 26.3 Å². The number of benzene rings is 5. The molecule has 0 N–H and O–H groups in total. The van der Waals surface area contributed by atoms with Gasteiger partial charge in [0.15, 0.2) is 22.3 Å². The molecule has 0 aliphatic rings. The Kier molecular flexibility index (Phi) is 7.06. The number of oxazole rings is 2. The van der Waals surface area contributed by atoms with E-state index in [1.165, 1.54) is 24.3 Å². The number of rotatable bonds is 2. The highest BCUT2D eigenvalue weighted by Crippen LogP contribution is 2.41. The number of fused-ring (bicyclic) bond motifs is 6. The predicted octanol–water partition coefficient (Wildman–Crippen LogP) is 8.04. The van der Waals surface area contributed by atoms with Crippen LogP contribution in [-0.2, 0) is 12.4 Å². The van der Waals surface area contributed by atoms with E-state index in [1.807, 2.05) is 0 Å². The van der Waals surface area contributed by atoms with Gasteiger partial charge in [-0.3, -0.25) is 0 Å². The third-order valence-corrected chi connectivity index (χ3v) is 8.00. The summed E-state index contributed by atoms with van der Waals surface area (Å²) in [6.07, 6.45) is -9.18. The molecule has 7 rings (SSSR count). The molecule has 240 valence electrons. The Bertz CT molecular complexity index is 2650. The fraction of sp³-hybridized carbons (Fsp3) is 0.0556. The van der Waals surface area contributed by atoms with E-state index in [4.69, 9.17) is 8.83 Å². The number of hydrogen-bond acceptors (Lipinski definition) is 8. The number of nitriles is 4. The minimum atomic E-state index is -4.59. The van der Waals surface area contributed by atoms with Crippen LogP contribution in [0.5, 0.6) is 0 Å². The van der Waals surface area contributed by atoms with E-state index in [0.29, 0.717) is 43.8 Å². The summed E-state index contributed by atoms with van der Waals surface area (Å²) in [6, 6.07) is 22.0. The molecule has 0 spiro atoms. The predicted molar refractivity (Wildman–Crippen MR) is 166 cm³/mol. The second kappa shape index (κ2) is 11.2. The van der Waals surface area contributed by atoms with Gasteiger partial charge in [-0.25, -0.2) is 9.97 Å². The smallest absolute Gasteiger partial charge is 0.416 e. The van der Waals surface area contributed by atoms with Crippen LogP contribution in [0.25, 0.3) is 77.1 Å². The van der Waals surface area contributed by atoms with E-state index < -0.39 is 34.6 Å². The molecule has 0 fully saturated rings. The highest BCUT2D eigenvalue weighted by atomic mass is 19.4. The zero-order valence-electron chi connectivity index (χ0n) is 24.7. The highest BCUT2D eigenvalue weighted by molar-refractivity contribution is 6.19. The fourth-order valence-corrected chi connectivity index (χ4v) is 5.66. The zero-order valence-corrected chi connectivity index (χ0v) is 24.7. The molecule has 14 heteroatoms. The largest absolute Gasteiger partial charge is 0.434 e. The van der Waals surface area contributed by atoms with Crippen LogP contribution in [-0.4, -0.2) is 9.97 Å². The molecule has 0 saturated carbocycles. The monoisotopic (exact) mass is 674 g/mol. The van der Waals surface area contributed by atoms with Crippen molar-refractivity contribution < 1.29 is 35.2 Å². The first-order valence-electron chi connectivity index (χ1n) is 14.2. The van der Waals surface area contributed by atoms with Crippen molar-refractivity contribution in [2.45, 2.75) is 12.4 Å². The zero-order chi connectivity index (χ0) is 35.5. The van der Waals surface area contributed by atoms with Crippen molar-refractivity contribution in [3.8, 4) is 46.5 Å². The Hall–Kier alpha value is -7.16. The van der Waals surface area contributed by atoms with Gasteiger partial charge < -0.3 is 8.83 Å². The standard InChI is InChI=1S/C36H12F6N6O2/c37-35(38,39)23-5-1-17(2-6-23)25-10-20-9-19-11-27(18-3-7-24(8-4-18)36(40,41)42)31-30(48-34(49-31)22(15-45)16-46)26(19)12-28(20)32-29(25)47-33(50-32)21(13-43)14-44/h1-12H. The molecule has 0 aliphatic carbocycles. The summed E-state index contributed by atoms with van der Waals surface area (Å²) in [6.45, 7) is 0. The maximum Gasteiger partial charge on any atom is 0.416 e. The number of halogens is 6. The molecule has 50 heavy (non-hydrogen) atoms. The lowest BCUT2D eigenvalue weighted by atomic mass is 9.94. The number of hydrogen-bond donors (Lipinski definition) is 0. The van der Waals surface area contributed by atoms with Crippen LogP contribution in [0.1, 0.15) is 11.1 Å². The van der Waals surface area contributed by atoms with E-state index in [2.05, 4.69) is 9.97 Å². The molecule has 0 radical (unpaired) electrons. The number of alkyl halides is 6. The average Bonchev–Trinajstić information content (AvgIpc) is 3.74. The van der Waals surface area contributed by atoms with Crippen molar-refractivity contribution in [1.29, 1.82) is 21.0 Å². The fourth-order valence-electron chi connectivity index (χ4n) is 5.66. The Labute approximate surface area is 274 Å². The second-order valence-electron chi connectivity index (χ2n) is 10.9. The first kappa shape index (κ1) is 31.4. The SMILES string of the molecule is N#CC(C#N)=c1nc2c(o1)c(-c1ccc(C(F)(F)F)cc1)cc1cc3cc(-c4ccc(C(F)(F)F)cc4)c4nc(=C(C#N)C#N)oc4c3cc12. The van der Waals surface area contributed by atoms with Crippen LogP contribution in [0.3, 0.4) is 0 Å². The first-order valence-corrected chi connectivity index (χ1v) is 14.2. The number of nitrogens with zero attached hydrogens (tertiary/aromatic N) is 6. The third-order valence-electron chi connectivity index (χ3n) is 8.00. The molecule has 0 atom stereocenters. The van der Waals surface area contributed by atoms with Gasteiger partial charge in [0, 0.05) is 21.9 Å². The summed E-state index contributed by atoms with van der Waals surface area (Å²) in [7, 11) is 0. The molecule has 0 saturated heterocycles. The molecule has 8 nitrogen and oxygen atoms in total. The minimum absolute atomic E-state index is 0.0649. The van der Waals surface area contributed by atoms with E-state index in [9.17, 15) is 47.4 Å². The topological polar surface area (TPSA) is 147 Å². The van der Waals surface area contributed by atoms with Crippen molar-refractivity contribution in [3.63, 3.8) is 0 Å². The first-order chi connectivity index (χ1) is 23.8. The molecule has 2 aromatic heterocycles. The Morgan fingerprint density at radius 2 is 0.960 bits per heavy atom. The third kappa shape index (κ3) is 5.09. The molecular formula is C36H12F6N6O2. The van der Waals surface area contributed by atoms with Crippen LogP contribution < -0.4 is 11.1 Å². The summed E-state index contributed by atoms with van der Waals surface area (Å²) in [5, 5.41) is 39.7. The van der Waals surface area contributed by atoms with E-state index >= 15 is 0 Å². The molecule has 0 unspecified atom stereocenters. The molecule has 7 aromatic rings. The lowest BCUT2D eigenvalue weighted by Gasteiger charge is -2.11. The van der Waals surface area contributed by atoms with Crippen LogP contribution in [0, 0.1) is 45.3 Å². The summed E-state index contributed by atoms with van der Waals surface area (Å²) in [5.41, 5.74) is -1.63. The van der Waals surface area contributed by atoms with E-state index in [-0.39, 0.29) is 33.3 Å². The Morgan fingerprint density at radius 1 is 0.520 bits per heavy atom. The Balaban J connectivity index is 1.59. The van der Waals surface area contributed by atoms with Crippen molar-refractivity contribution in [2.75, 3.05) is 0 Å². The minimum Gasteiger partial charge on any atom is -0.434 e. The molecule has 0 bridgehead atoms. The summed E-state index contributed by atoms with van der Waals surface area (Å²) in [5.74, 6) is 0. The highest BCUT2D eigenvalue weighted by Gasteiger charge is 2.31. The summed E-state index contributed by atoms with van der Waals surface area (Å²) < 4.78 is 91.8. The van der Waals surface area contributed by atoms with Crippen molar-refractivity contribution in [2.24, 2.45) is 0 Å². The van der Waals surface area contributed by atoms with Crippen molar-refractivity contribution >= 4 is 54.9 Å². The van der Waals surface area contributed by atoms with Crippen LogP contribution in [0.2, 0.25) is 0 Å². The lowest BCUT2D eigenvalue weighted by molar-refractivity contribution is -0.138. The molecule has 0 amide bonds. The van der Waals surface area contributed by atoms with Gasteiger partial charge in [-0.15, -0.1) is 0 Å². The summed E-state index contributed by atoms with van der Waals surface area (Å²) in [4.78, 5) is 8.77. The average molecular weight is 675 g/mol. The maximum atomic E-state index is 13.3. The molecular weight excluding hydrogens is 662 g/mol. The van der Waals surface area contributed by atoms with Gasteiger partial charge in [0.25, 0.3) is 0 Å². The molecule has 5 aromatic carbocycles. The van der Waals surface area contributed by atoms with E-state index in [1.54, 1.807) is 48.5 Å². The van der Waals surface area contributed by atoms with Gasteiger partial charge in [0.1, 0.15) is 35.3 Å². The van der Waals surface area contributed by atoms with Gasteiger partial charge in [-0.05, 0) is 70.4 Å². The van der Waals surface area contributed by atoms with Gasteiger partial charge in [-0.1, -0.05) is 24.3 Å². The van der Waals surface area contributed by atoms with E-state index in [0.717, 1.165) is 24.3 Å². The normalized spacial score (nSPS) is 11.7. The number of aromatic nitrogens is 2. The Morgan fingerprint density at radius 3 is 1.46 bits per heavy atom. The van der Waals surface area contributed by atoms with Crippen LogP contribution >= 0.6 is 0 Å².